The van der Waals surface area contributed by atoms with Gasteiger partial charge in [0.15, 0.2) is 0 Å². The molecule has 8 heteroatoms. The summed E-state index contributed by atoms with van der Waals surface area (Å²) in [6.07, 6.45) is 13.3. The van der Waals surface area contributed by atoms with Crippen molar-refractivity contribution in [3.8, 4) is 0 Å². The summed E-state index contributed by atoms with van der Waals surface area (Å²) in [4.78, 5) is 46.6. The number of allylic oxidation sites excluding steroid dienone is 1. The zero-order valence-corrected chi connectivity index (χ0v) is 24.6. The van der Waals surface area contributed by atoms with Gasteiger partial charge in [-0.2, -0.15) is 0 Å². The van der Waals surface area contributed by atoms with E-state index in [4.69, 9.17) is 0 Å². The van der Waals surface area contributed by atoms with Crippen molar-refractivity contribution in [3.63, 3.8) is 0 Å². The zero-order valence-electron chi connectivity index (χ0n) is 23.7. The van der Waals surface area contributed by atoms with Crippen LogP contribution in [0.15, 0.2) is 41.2 Å². The van der Waals surface area contributed by atoms with Gasteiger partial charge >= 0.3 is 0 Å². The number of hydrogen-bond acceptors (Lipinski definition) is 5. The van der Waals surface area contributed by atoms with Gasteiger partial charge in [-0.25, -0.2) is 4.98 Å². The first kappa shape index (κ1) is 28.5. The normalized spacial score (nSPS) is 20.5. The second kappa shape index (κ2) is 12.7. The van der Waals surface area contributed by atoms with Crippen molar-refractivity contribution in [2.24, 2.45) is 11.8 Å². The number of carbonyl (C=O) groups excluding carboxylic acids is 3. The molecule has 3 amide bonds. The summed E-state index contributed by atoms with van der Waals surface area (Å²) in [6, 6.07) is 7.21. The highest BCUT2D eigenvalue weighted by Gasteiger charge is 2.41. The van der Waals surface area contributed by atoms with Crippen molar-refractivity contribution in [3.05, 3.63) is 58.1 Å². The van der Waals surface area contributed by atoms with Crippen LogP contribution in [-0.4, -0.2) is 52.8 Å². The highest BCUT2D eigenvalue weighted by molar-refractivity contribution is 7.07. The smallest absolute Gasteiger partial charge is 0.271 e. The molecule has 3 aliphatic rings. The molecule has 2 fully saturated rings. The second-order valence-electron chi connectivity index (χ2n) is 11.9. The molecule has 40 heavy (non-hydrogen) atoms. The van der Waals surface area contributed by atoms with Gasteiger partial charge in [-0.1, -0.05) is 88.8 Å². The van der Waals surface area contributed by atoms with Crippen molar-refractivity contribution in [1.82, 2.24) is 20.5 Å². The molecule has 1 aromatic carbocycles. The fourth-order valence-corrected chi connectivity index (χ4v) is 7.21. The lowest BCUT2D eigenvalue weighted by Crippen LogP contribution is -2.58. The molecule has 1 aliphatic heterocycles. The molecule has 2 heterocycles. The number of benzene rings is 1. The average Bonchev–Trinajstić information content (AvgIpc) is 3.65. The number of aromatic nitrogens is 1. The van der Waals surface area contributed by atoms with Gasteiger partial charge in [-0.05, 0) is 42.2 Å². The Hall–Kier alpha value is -3.00. The number of carbonyl (C=O) groups is 3. The quantitative estimate of drug-likeness (QED) is 0.432. The molecule has 5 rings (SSSR count). The lowest BCUT2D eigenvalue weighted by atomic mass is 9.74. The van der Waals surface area contributed by atoms with Gasteiger partial charge in [0.25, 0.3) is 5.91 Å². The van der Waals surface area contributed by atoms with Crippen molar-refractivity contribution >= 4 is 35.1 Å². The number of hydrogen-bond donors (Lipinski definition) is 2. The highest BCUT2D eigenvalue weighted by atomic mass is 32.1. The Morgan fingerprint density at radius 2 is 1.85 bits per heavy atom. The molecule has 2 aliphatic carbocycles. The van der Waals surface area contributed by atoms with E-state index in [2.05, 4.69) is 52.0 Å². The summed E-state index contributed by atoms with van der Waals surface area (Å²) in [5.74, 6) is -0.263. The summed E-state index contributed by atoms with van der Waals surface area (Å²) in [7, 11) is 0. The highest BCUT2D eigenvalue weighted by Crippen LogP contribution is 2.43. The standard InChI is InChI=1S/C32H42N4O3S/c1-3-22(2)28(31(39)36-17-15-32(16-18-36)14-13-24-11-7-8-12-25(24)32)35-29(37)26(19-23-9-5-4-6-10-23)34-30(38)27-20-40-21-33-27/h7-8,11-14,20-23,26,28H,3-6,9-10,15-19H2,1-2H3,(H,34,38)(H,35,37)/t22-,26-,28-/m0/s1. The SMILES string of the molecule is CC[C@H](C)[C@H](NC(=O)[C@H](CC1CCCCC1)NC(=O)c1cscn1)C(=O)N1CCC2(C=Cc3ccccc32)CC1. The third-order valence-corrected chi connectivity index (χ3v) is 9.99. The van der Waals surface area contributed by atoms with Crippen LogP contribution in [0.2, 0.25) is 0 Å². The van der Waals surface area contributed by atoms with Crippen LogP contribution in [0.5, 0.6) is 0 Å². The van der Waals surface area contributed by atoms with Crippen LogP contribution in [0.4, 0.5) is 0 Å². The monoisotopic (exact) mass is 562 g/mol. The van der Waals surface area contributed by atoms with Gasteiger partial charge in [0.05, 0.1) is 5.51 Å². The molecule has 3 atom stereocenters. The summed E-state index contributed by atoms with van der Waals surface area (Å²) in [5.41, 5.74) is 4.57. The van der Waals surface area contributed by atoms with Gasteiger partial charge in [-0.3, -0.25) is 14.4 Å². The van der Waals surface area contributed by atoms with Gasteiger partial charge in [0.1, 0.15) is 17.8 Å². The summed E-state index contributed by atoms with van der Waals surface area (Å²) in [5, 5.41) is 7.75. The fraction of sp³-hybridized carbons (Fsp3) is 0.562. The van der Waals surface area contributed by atoms with Gasteiger partial charge in [0.2, 0.25) is 11.8 Å². The van der Waals surface area contributed by atoms with Crippen LogP contribution < -0.4 is 10.6 Å². The first-order valence-electron chi connectivity index (χ1n) is 15.0. The van der Waals surface area contributed by atoms with E-state index in [-0.39, 0.29) is 29.1 Å². The minimum Gasteiger partial charge on any atom is -0.342 e. The largest absolute Gasteiger partial charge is 0.342 e. The Kier molecular flexibility index (Phi) is 9.03. The number of nitrogens with zero attached hydrogens (tertiary/aromatic N) is 2. The van der Waals surface area contributed by atoms with E-state index in [1.54, 1.807) is 10.9 Å². The van der Waals surface area contributed by atoms with Crippen molar-refractivity contribution in [2.75, 3.05) is 13.1 Å². The van der Waals surface area contributed by atoms with Gasteiger partial charge in [-0.15, -0.1) is 11.3 Å². The molecule has 2 aromatic rings. The third-order valence-electron chi connectivity index (χ3n) is 9.40. The number of piperidine rings is 1. The van der Waals surface area contributed by atoms with E-state index < -0.39 is 12.1 Å². The molecule has 7 nitrogen and oxygen atoms in total. The van der Waals surface area contributed by atoms with Crippen LogP contribution in [0, 0.1) is 11.8 Å². The lowest BCUT2D eigenvalue weighted by Gasteiger charge is -2.41. The molecular weight excluding hydrogens is 520 g/mol. The molecule has 0 bridgehead atoms. The van der Waals surface area contributed by atoms with E-state index in [1.165, 1.54) is 28.9 Å². The predicted octanol–water partition coefficient (Wildman–Crippen LogP) is 5.33. The van der Waals surface area contributed by atoms with Crippen LogP contribution in [0.1, 0.15) is 93.3 Å². The molecule has 0 radical (unpaired) electrons. The van der Waals surface area contributed by atoms with E-state index in [0.717, 1.165) is 44.9 Å². The van der Waals surface area contributed by atoms with Gasteiger partial charge < -0.3 is 15.5 Å². The Morgan fingerprint density at radius 3 is 2.55 bits per heavy atom. The third kappa shape index (κ3) is 6.17. The molecular formula is C32H42N4O3S. The predicted molar refractivity (Wildman–Crippen MR) is 159 cm³/mol. The van der Waals surface area contributed by atoms with Gasteiger partial charge in [0, 0.05) is 23.9 Å². The Labute approximate surface area is 241 Å². The minimum atomic E-state index is -0.693. The Balaban J connectivity index is 1.27. The van der Waals surface area contributed by atoms with E-state index >= 15 is 0 Å². The number of rotatable bonds is 9. The zero-order chi connectivity index (χ0) is 28.1. The molecule has 1 aromatic heterocycles. The molecule has 214 valence electrons. The van der Waals surface area contributed by atoms with Crippen molar-refractivity contribution in [2.45, 2.75) is 89.1 Å². The number of likely N-dealkylation sites (tertiary alicyclic amines) is 1. The summed E-state index contributed by atoms with van der Waals surface area (Å²) in [6.45, 7) is 5.39. The first-order chi connectivity index (χ1) is 19.4. The second-order valence-corrected chi connectivity index (χ2v) is 12.6. The molecule has 2 N–H and O–H groups in total. The number of nitrogens with one attached hydrogen (secondary N) is 2. The Morgan fingerprint density at radius 1 is 1.10 bits per heavy atom. The molecule has 1 spiro atoms. The van der Waals surface area contributed by atoms with Crippen molar-refractivity contribution < 1.29 is 14.4 Å². The maximum atomic E-state index is 13.9. The molecule has 1 saturated carbocycles. The number of thiazole rings is 1. The first-order valence-corrected chi connectivity index (χ1v) is 15.9. The van der Waals surface area contributed by atoms with Crippen LogP contribution in [0.25, 0.3) is 6.08 Å². The van der Waals surface area contributed by atoms with Crippen LogP contribution in [0.3, 0.4) is 0 Å². The maximum Gasteiger partial charge on any atom is 0.271 e. The Bertz CT molecular complexity index is 1210. The summed E-state index contributed by atoms with van der Waals surface area (Å²) >= 11 is 1.35. The molecule has 1 saturated heterocycles. The van der Waals surface area contributed by atoms with Crippen LogP contribution in [-0.2, 0) is 15.0 Å². The van der Waals surface area contributed by atoms with E-state index in [9.17, 15) is 14.4 Å². The fourth-order valence-electron chi connectivity index (χ4n) is 6.68. The topological polar surface area (TPSA) is 91.4 Å². The number of amides is 3. The lowest BCUT2D eigenvalue weighted by molar-refractivity contribution is -0.139. The van der Waals surface area contributed by atoms with E-state index in [1.807, 2.05) is 18.7 Å². The number of fused-ring (bicyclic) bond motifs is 2. The van der Waals surface area contributed by atoms with Crippen LogP contribution >= 0.6 is 11.3 Å². The minimum absolute atomic E-state index is 0.00639. The average molecular weight is 563 g/mol. The van der Waals surface area contributed by atoms with Crippen molar-refractivity contribution in [1.29, 1.82) is 0 Å². The maximum absolute atomic E-state index is 13.9. The van der Waals surface area contributed by atoms with E-state index in [0.29, 0.717) is 31.1 Å². The molecule has 0 unspecified atom stereocenters. The summed E-state index contributed by atoms with van der Waals surface area (Å²) < 4.78 is 0.